The molecule has 3 saturated carbocycles. The van der Waals surface area contributed by atoms with Crippen LogP contribution in [0.5, 0.6) is 0 Å². The van der Waals surface area contributed by atoms with Crippen molar-refractivity contribution in [3.63, 3.8) is 0 Å². The molecule has 0 aromatic rings. The van der Waals surface area contributed by atoms with Gasteiger partial charge in [-0.25, -0.2) is 4.39 Å². The molecule has 0 aromatic heterocycles. The molecule has 8 atom stereocenters. The molecule has 1 aliphatic heterocycles. The number of alkyl halides is 1. The standard InChI is InChI=1S/C26H35FO6/c1-5-24(6-2)32-21-12-18-17-8-7-15-11-16(29)9-10-22(15,3)25(17,27)19(30)13-23(18,4)26(21,33-24)20(31)14-28/h9-11,17-19,21,28,30H,5-8,12-14H2,1-4H3/t17-,18-,19-,21-,22-,23-,25-,26+/m0/s1. The minimum Gasteiger partial charge on any atom is -0.390 e. The van der Waals surface area contributed by atoms with Crippen LogP contribution in [0.3, 0.4) is 0 Å². The Hall–Kier alpha value is -1.41. The molecule has 33 heavy (non-hydrogen) atoms. The van der Waals surface area contributed by atoms with E-state index in [0.717, 1.165) is 5.57 Å². The lowest BCUT2D eigenvalue weighted by Gasteiger charge is -2.62. The number of ether oxygens (including phenoxy) is 2. The van der Waals surface area contributed by atoms with Crippen molar-refractivity contribution in [2.24, 2.45) is 22.7 Å². The van der Waals surface area contributed by atoms with Gasteiger partial charge < -0.3 is 19.7 Å². The highest BCUT2D eigenvalue weighted by Gasteiger charge is 2.80. The summed E-state index contributed by atoms with van der Waals surface area (Å²) < 4.78 is 30.2. The Balaban J connectivity index is 1.63. The Labute approximate surface area is 194 Å². The number of aliphatic hydroxyl groups excluding tert-OH is 2. The zero-order valence-corrected chi connectivity index (χ0v) is 19.9. The Kier molecular flexibility index (Phi) is 4.99. The molecule has 2 N–H and O–H groups in total. The number of halogens is 1. The highest BCUT2D eigenvalue weighted by atomic mass is 19.1. The fourth-order valence-electron chi connectivity index (χ4n) is 8.31. The highest BCUT2D eigenvalue weighted by molar-refractivity contribution is 6.01. The number of carbonyl (C=O) groups excluding carboxylic acids is 2. The number of aliphatic hydroxyl groups is 2. The largest absolute Gasteiger partial charge is 0.390 e. The van der Waals surface area contributed by atoms with Crippen LogP contribution in [0.1, 0.15) is 66.2 Å². The second kappa shape index (κ2) is 7.06. The molecular weight excluding hydrogens is 427 g/mol. The van der Waals surface area contributed by atoms with Crippen LogP contribution < -0.4 is 0 Å². The van der Waals surface area contributed by atoms with Gasteiger partial charge in [0.15, 0.2) is 28.6 Å². The van der Waals surface area contributed by atoms with Gasteiger partial charge >= 0.3 is 0 Å². The van der Waals surface area contributed by atoms with Crippen LogP contribution in [-0.4, -0.2) is 57.7 Å². The Morgan fingerprint density at radius 2 is 1.94 bits per heavy atom. The van der Waals surface area contributed by atoms with Crippen LogP contribution >= 0.6 is 0 Å². The molecule has 4 fully saturated rings. The van der Waals surface area contributed by atoms with Crippen LogP contribution in [0.4, 0.5) is 4.39 Å². The molecule has 0 unspecified atom stereocenters. The van der Waals surface area contributed by atoms with Gasteiger partial charge in [0.05, 0.1) is 12.2 Å². The monoisotopic (exact) mass is 462 g/mol. The van der Waals surface area contributed by atoms with Gasteiger partial charge in [0.2, 0.25) is 0 Å². The van der Waals surface area contributed by atoms with Gasteiger partial charge in [-0.05, 0) is 63.5 Å². The number of fused-ring (bicyclic) bond motifs is 7. The van der Waals surface area contributed by atoms with Crippen LogP contribution in [0.15, 0.2) is 23.8 Å². The summed E-state index contributed by atoms with van der Waals surface area (Å²) in [5.41, 5.74) is -4.66. The maximum atomic E-state index is 17.3. The molecule has 0 amide bonds. The van der Waals surface area contributed by atoms with E-state index < -0.39 is 58.4 Å². The van der Waals surface area contributed by atoms with Gasteiger partial charge in [0.1, 0.15) is 6.61 Å². The maximum absolute atomic E-state index is 17.3. The summed E-state index contributed by atoms with van der Waals surface area (Å²) in [6, 6.07) is 0. The molecule has 5 aliphatic rings. The lowest BCUT2D eigenvalue weighted by atomic mass is 9.44. The number of ketones is 2. The van der Waals surface area contributed by atoms with Gasteiger partial charge in [0, 0.05) is 16.7 Å². The summed E-state index contributed by atoms with van der Waals surface area (Å²) in [6.45, 7) is 6.87. The lowest BCUT2D eigenvalue weighted by Crippen LogP contribution is -2.70. The topological polar surface area (TPSA) is 93.1 Å². The van der Waals surface area contributed by atoms with E-state index in [4.69, 9.17) is 9.47 Å². The number of hydrogen-bond acceptors (Lipinski definition) is 6. The van der Waals surface area contributed by atoms with E-state index in [1.807, 2.05) is 20.8 Å². The van der Waals surface area contributed by atoms with Gasteiger partial charge in [-0.3, -0.25) is 9.59 Å². The number of allylic oxidation sites excluding steroid dienone is 4. The Bertz CT molecular complexity index is 954. The fraction of sp³-hybridized carbons (Fsp3) is 0.769. The quantitative estimate of drug-likeness (QED) is 0.667. The zero-order chi connectivity index (χ0) is 24.0. The second-order valence-electron chi connectivity index (χ2n) is 11.1. The maximum Gasteiger partial charge on any atom is 0.193 e. The Morgan fingerprint density at radius 3 is 2.58 bits per heavy atom. The molecule has 5 rings (SSSR count). The summed E-state index contributed by atoms with van der Waals surface area (Å²) in [6.07, 6.45) is 5.15. The van der Waals surface area contributed by atoms with Crippen molar-refractivity contribution in [1.29, 1.82) is 0 Å². The van der Waals surface area contributed by atoms with Crippen LogP contribution in [-0.2, 0) is 19.1 Å². The van der Waals surface area contributed by atoms with E-state index in [2.05, 4.69) is 0 Å². The molecule has 1 saturated heterocycles. The van der Waals surface area contributed by atoms with E-state index in [0.29, 0.717) is 32.1 Å². The summed E-state index contributed by atoms with van der Waals surface area (Å²) >= 11 is 0. The van der Waals surface area contributed by atoms with E-state index in [1.54, 1.807) is 13.0 Å². The van der Waals surface area contributed by atoms with Crippen LogP contribution in [0.25, 0.3) is 0 Å². The van der Waals surface area contributed by atoms with Gasteiger partial charge in [0.25, 0.3) is 0 Å². The molecule has 0 bridgehead atoms. The number of carbonyl (C=O) groups is 2. The van der Waals surface area contributed by atoms with Crippen LogP contribution in [0.2, 0.25) is 0 Å². The summed E-state index contributed by atoms with van der Waals surface area (Å²) in [5, 5.41) is 21.4. The summed E-state index contributed by atoms with van der Waals surface area (Å²) in [5.74, 6) is -2.35. The third kappa shape index (κ3) is 2.52. The van der Waals surface area contributed by atoms with Gasteiger partial charge in [-0.15, -0.1) is 0 Å². The molecule has 4 aliphatic carbocycles. The van der Waals surface area contributed by atoms with E-state index in [-0.39, 0.29) is 18.1 Å². The normalized spacial score (nSPS) is 49.7. The van der Waals surface area contributed by atoms with E-state index in [9.17, 15) is 19.8 Å². The third-order valence-corrected chi connectivity index (χ3v) is 10.1. The van der Waals surface area contributed by atoms with Crippen molar-refractivity contribution < 1.29 is 33.7 Å². The third-order valence-electron chi connectivity index (χ3n) is 10.1. The Morgan fingerprint density at radius 1 is 1.24 bits per heavy atom. The van der Waals surface area contributed by atoms with Gasteiger partial charge in [-0.1, -0.05) is 32.4 Å². The number of rotatable bonds is 4. The molecule has 1 heterocycles. The van der Waals surface area contributed by atoms with Crippen molar-refractivity contribution in [2.45, 2.75) is 95.5 Å². The molecule has 0 aromatic carbocycles. The van der Waals surface area contributed by atoms with Crippen molar-refractivity contribution in [1.82, 2.24) is 0 Å². The van der Waals surface area contributed by atoms with Crippen molar-refractivity contribution in [3.8, 4) is 0 Å². The predicted octanol–water partition coefficient (Wildman–Crippen LogP) is 3.20. The van der Waals surface area contributed by atoms with Gasteiger partial charge in [-0.2, -0.15) is 0 Å². The van der Waals surface area contributed by atoms with E-state index in [1.165, 1.54) is 12.2 Å². The minimum atomic E-state index is -1.98. The molecule has 182 valence electrons. The van der Waals surface area contributed by atoms with Crippen molar-refractivity contribution in [3.05, 3.63) is 23.8 Å². The molecule has 0 radical (unpaired) electrons. The predicted molar refractivity (Wildman–Crippen MR) is 118 cm³/mol. The summed E-state index contributed by atoms with van der Waals surface area (Å²) in [7, 11) is 0. The zero-order valence-electron chi connectivity index (χ0n) is 19.9. The van der Waals surface area contributed by atoms with Crippen molar-refractivity contribution in [2.75, 3.05) is 6.61 Å². The van der Waals surface area contributed by atoms with E-state index >= 15 is 4.39 Å². The first kappa shape index (κ1) is 23.3. The lowest BCUT2D eigenvalue weighted by molar-refractivity contribution is -0.256. The number of hydrogen-bond donors (Lipinski definition) is 2. The second-order valence-corrected chi connectivity index (χ2v) is 11.1. The van der Waals surface area contributed by atoms with Crippen LogP contribution in [0, 0.1) is 22.7 Å². The molecule has 6 nitrogen and oxygen atoms in total. The number of Topliss-reactive ketones (excluding diaryl/α,β-unsaturated/α-hetero) is 1. The first-order valence-electron chi connectivity index (χ1n) is 12.3. The minimum absolute atomic E-state index is 0.0183. The summed E-state index contributed by atoms with van der Waals surface area (Å²) in [4.78, 5) is 25.4. The van der Waals surface area contributed by atoms with Crippen molar-refractivity contribution >= 4 is 11.6 Å². The fourth-order valence-corrected chi connectivity index (χ4v) is 8.31. The first-order chi connectivity index (χ1) is 15.5. The smallest absolute Gasteiger partial charge is 0.193 e. The average molecular weight is 463 g/mol. The highest BCUT2D eigenvalue weighted by Crippen LogP contribution is 2.72. The molecule has 7 heteroatoms. The SMILES string of the molecule is CCC1(CC)O[C@H]2C[C@H]3[C@@H]4CCC5=CC(=O)C=C[C@]5(C)[C@@]4(F)[C@@H](O)C[C@]3(C)[C@]2(C(=O)CO)O1. The average Bonchev–Trinajstić information content (AvgIpc) is 3.25. The molecule has 0 spiro atoms. The molecular formula is C26H35FO6. The first-order valence-corrected chi connectivity index (χ1v) is 12.3.